The van der Waals surface area contributed by atoms with Gasteiger partial charge in [-0.3, -0.25) is 4.98 Å². The van der Waals surface area contributed by atoms with Crippen LogP contribution in [0.3, 0.4) is 0 Å². The lowest BCUT2D eigenvalue weighted by atomic mass is 10.1. The molecule has 0 spiro atoms. The van der Waals surface area contributed by atoms with E-state index in [0.29, 0.717) is 5.75 Å². The molecule has 4 nitrogen and oxygen atoms in total. The van der Waals surface area contributed by atoms with Crippen LogP contribution in [0.5, 0.6) is 5.75 Å². The van der Waals surface area contributed by atoms with Gasteiger partial charge in [0, 0.05) is 11.8 Å². The Morgan fingerprint density at radius 3 is 2.61 bits per heavy atom. The van der Waals surface area contributed by atoms with Crippen LogP contribution in [0.1, 0.15) is 6.92 Å². The first kappa shape index (κ1) is 12.1. The molecule has 0 fully saturated rings. The molecule has 18 heavy (non-hydrogen) atoms. The number of rotatable bonds is 4. The molecule has 1 aromatic heterocycles. The fourth-order valence-corrected chi connectivity index (χ4v) is 1.54. The number of ether oxygens (including phenoxy) is 1. The first-order valence-electron chi connectivity index (χ1n) is 5.58. The fourth-order valence-electron chi connectivity index (χ4n) is 1.54. The van der Waals surface area contributed by atoms with Crippen LogP contribution in [-0.2, 0) is 4.79 Å². The highest BCUT2D eigenvalue weighted by Gasteiger charge is 2.15. The van der Waals surface area contributed by atoms with Gasteiger partial charge >= 0.3 is 5.97 Å². The molecular formula is C14H13NO3. The standard InChI is InChI=1S/C14H13NO3/c1-10(14(16)17)18-13-8-3-2-6-11(13)12-7-4-5-9-15-12/h2-10H,1H3,(H,16,17). The summed E-state index contributed by atoms with van der Waals surface area (Å²) in [6.45, 7) is 1.50. The van der Waals surface area contributed by atoms with E-state index in [1.807, 2.05) is 30.3 Å². The molecule has 4 heteroatoms. The number of para-hydroxylation sites is 1. The van der Waals surface area contributed by atoms with Gasteiger partial charge in [0.05, 0.1) is 5.69 Å². The quantitative estimate of drug-likeness (QED) is 0.896. The normalized spacial score (nSPS) is 11.8. The number of benzene rings is 1. The van der Waals surface area contributed by atoms with E-state index in [4.69, 9.17) is 9.84 Å². The highest BCUT2D eigenvalue weighted by atomic mass is 16.5. The second kappa shape index (κ2) is 5.31. The second-order valence-electron chi connectivity index (χ2n) is 3.81. The molecule has 0 aliphatic carbocycles. The summed E-state index contributed by atoms with van der Waals surface area (Å²) in [7, 11) is 0. The van der Waals surface area contributed by atoms with Gasteiger partial charge in [0.15, 0.2) is 6.10 Å². The van der Waals surface area contributed by atoms with E-state index in [1.54, 1.807) is 18.3 Å². The lowest BCUT2D eigenvalue weighted by molar-refractivity contribution is -0.144. The average Bonchev–Trinajstić information content (AvgIpc) is 2.40. The van der Waals surface area contributed by atoms with Crippen molar-refractivity contribution in [2.75, 3.05) is 0 Å². The minimum atomic E-state index is -0.995. The van der Waals surface area contributed by atoms with E-state index < -0.39 is 12.1 Å². The van der Waals surface area contributed by atoms with Crippen LogP contribution < -0.4 is 4.74 Å². The van der Waals surface area contributed by atoms with Crippen molar-refractivity contribution in [2.45, 2.75) is 13.0 Å². The smallest absolute Gasteiger partial charge is 0.344 e. The number of hydrogen-bond acceptors (Lipinski definition) is 3. The molecule has 0 radical (unpaired) electrons. The van der Waals surface area contributed by atoms with Gasteiger partial charge in [-0.15, -0.1) is 0 Å². The average molecular weight is 243 g/mol. The molecule has 0 saturated heterocycles. The van der Waals surface area contributed by atoms with Crippen LogP contribution in [0.15, 0.2) is 48.7 Å². The van der Waals surface area contributed by atoms with E-state index in [2.05, 4.69) is 4.98 Å². The van der Waals surface area contributed by atoms with Crippen molar-refractivity contribution in [1.29, 1.82) is 0 Å². The zero-order valence-electron chi connectivity index (χ0n) is 9.91. The van der Waals surface area contributed by atoms with Gasteiger partial charge in [0.1, 0.15) is 5.75 Å². The van der Waals surface area contributed by atoms with Crippen molar-refractivity contribution < 1.29 is 14.6 Å². The minimum absolute atomic E-state index is 0.520. The van der Waals surface area contributed by atoms with Gasteiger partial charge in [-0.2, -0.15) is 0 Å². The third kappa shape index (κ3) is 2.66. The summed E-state index contributed by atoms with van der Waals surface area (Å²) in [6.07, 6.45) is 0.794. The Balaban J connectivity index is 2.35. The maximum atomic E-state index is 10.8. The number of nitrogens with zero attached hydrogens (tertiary/aromatic N) is 1. The zero-order valence-corrected chi connectivity index (χ0v) is 9.91. The molecule has 2 aromatic rings. The SMILES string of the molecule is CC(Oc1ccccc1-c1ccccn1)C(=O)O. The molecule has 0 saturated carbocycles. The van der Waals surface area contributed by atoms with Crippen molar-refractivity contribution >= 4 is 5.97 Å². The first-order chi connectivity index (χ1) is 8.68. The zero-order chi connectivity index (χ0) is 13.0. The number of carboxylic acid groups (broad SMARTS) is 1. The van der Waals surface area contributed by atoms with Crippen molar-refractivity contribution in [3.63, 3.8) is 0 Å². The van der Waals surface area contributed by atoms with Crippen LogP contribution in [0, 0.1) is 0 Å². The number of carboxylic acids is 1. The lowest BCUT2D eigenvalue weighted by Gasteiger charge is -2.13. The van der Waals surface area contributed by atoms with Gasteiger partial charge in [-0.05, 0) is 31.2 Å². The largest absolute Gasteiger partial charge is 0.479 e. The first-order valence-corrected chi connectivity index (χ1v) is 5.58. The molecule has 0 aliphatic heterocycles. The monoisotopic (exact) mass is 243 g/mol. The summed E-state index contributed by atoms with van der Waals surface area (Å²) >= 11 is 0. The van der Waals surface area contributed by atoms with Crippen molar-refractivity contribution in [1.82, 2.24) is 4.98 Å². The highest BCUT2D eigenvalue weighted by molar-refractivity contribution is 5.73. The Hall–Kier alpha value is -2.36. The molecule has 1 atom stereocenters. The number of hydrogen-bond donors (Lipinski definition) is 1. The summed E-state index contributed by atoms with van der Waals surface area (Å²) in [4.78, 5) is 15.0. The predicted octanol–water partition coefficient (Wildman–Crippen LogP) is 2.60. The van der Waals surface area contributed by atoms with E-state index in [9.17, 15) is 4.79 Å². The van der Waals surface area contributed by atoms with Crippen molar-refractivity contribution in [2.24, 2.45) is 0 Å². The number of aliphatic carboxylic acids is 1. The van der Waals surface area contributed by atoms with Crippen LogP contribution in [0.2, 0.25) is 0 Å². The van der Waals surface area contributed by atoms with Crippen LogP contribution in [-0.4, -0.2) is 22.2 Å². The minimum Gasteiger partial charge on any atom is -0.479 e. The van der Waals surface area contributed by atoms with Crippen LogP contribution >= 0.6 is 0 Å². The third-order valence-corrected chi connectivity index (χ3v) is 2.48. The molecule has 92 valence electrons. The second-order valence-corrected chi connectivity index (χ2v) is 3.81. The Labute approximate surface area is 105 Å². The molecule has 0 amide bonds. The summed E-state index contributed by atoms with van der Waals surface area (Å²) in [5.74, 6) is -0.475. The van der Waals surface area contributed by atoms with Gasteiger partial charge in [0.2, 0.25) is 0 Å². The van der Waals surface area contributed by atoms with E-state index in [-0.39, 0.29) is 0 Å². The van der Waals surface area contributed by atoms with Crippen LogP contribution in [0.25, 0.3) is 11.3 Å². The lowest BCUT2D eigenvalue weighted by Crippen LogP contribution is -2.23. The number of aromatic nitrogens is 1. The number of pyridine rings is 1. The summed E-state index contributed by atoms with van der Waals surface area (Å²) in [6, 6.07) is 12.8. The highest BCUT2D eigenvalue weighted by Crippen LogP contribution is 2.28. The molecular weight excluding hydrogens is 230 g/mol. The topological polar surface area (TPSA) is 59.4 Å². The Bertz CT molecular complexity index is 540. The van der Waals surface area contributed by atoms with Crippen LogP contribution in [0.4, 0.5) is 0 Å². The van der Waals surface area contributed by atoms with E-state index in [1.165, 1.54) is 6.92 Å². The van der Waals surface area contributed by atoms with Gasteiger partial charge in [-0.1, -0.05) is 18.2 Å². The van der Waals surface area contributed by atoms with E-state index >= 15 is 0 Å². The summed E-state index contributed by atoms with van der Waals surface area (Å²) < 4.78 is 5.42. The maximum Gasteiger partial charge on any atom is 0.344 e. The van der Waals surface area contributed by atoms with Crippen molar-refractivity contribution in [3.05, 3.63) is 48.7 Å². The van der Waals surface area contributed by atoms with Gasteiger partial charge < -0.3 is 9.84 Å². The van der Waals surface area contributed by atoms with E-state index in [0.717, 1.165) is 11.3 Å². The molecule has 1 heterocycles. The number of carbonyl (C=O) groups is 1. The molecule has 2 rings (SSSR count). The molecule has 1 unspecified atom stereocenters. The molecule has 0 bridgehead atoms. The molecule has 1 aromatic carbocycles. The molecule has 0 aliphatic rings. The molecule has 1 N–H and O–H groups in total. The van der Waals surface area contributed by atoms with Gasteiger partial charge in [-0.25, -0.2) is 4.79 Å². The Kier molecular flexibility index (Phi) is 3.57. The summed E-state index contributed by atoms with van der Waals surface area (Å²) in [5.41, 5.74) is 1.54. The fraction of sp³-hybridized carbons (Fsp3) is 0.143. The van der Waals surface area contributed by atoms with Crippen molar-refractivity contribution in [3.8, 4) is 17.0 Å². The Morgan fingerprint density at radius 2 is 1.94 bits per heavy atom. The maximum absolute atomic E-state index is 10.8. The Morgan fingerprint density at radius 1 is 1.22 bits per heavy atom. The summed E-state index contributed by atoms with van der Waals surface area (Å²) in [5, 5.41) is 8.86. The predicted molar refractivity (Wildman–Crippen MR) is 67.4 cm³/mol. The third-order valence-electron chi connectivity index (χ3n) is 2.48. The van der Waals surface area contributed by atoms with Gasteiger partial charge in [0.25, 0.3) is 0 Å².